The lowest BCUT2D eigenvalue weighted by Crippen LogP contribution is -2.33. The van der Waals surface area contributed by atoms with Gasteiger partial charge in [0.15, 0.2) is 6.10 Å². The molecule has 3 N–H and O–H groups in total. The molecule has 1 rings (SSSR count). The molecule has 0 fully saturated rings. The number of ether oxygens (including phenoxy) is 2. The van der Waals surface area contributed by atoms with E-state index in [1.807, 2.05) is 25.1 Å². The number of primary amides is 1. The van der Waals surface area contributed by atoms with Crippen molar-refractivity contribution in [2.24, 2.45) is 5.73 Å². The Morgan fingerprint density at radius 1 is 1.50 bits per heavy atom. The minimum Gasteiger partial charge on any atom is -0.480 e. The lowest BCUT2D eigenvalue weighted by molar-refractivity contribution is -0.124. The summed E-state index contributed by atoms with van der Waals surface area (Å²) in [6, 6.07) is 5.67. The van der Waals surface area contributed by atoms with Crippen LogP contribution in [-0.4, -0.2) is 32.3 Å². The number of amides is 1. The third-order valence-corrected chi connectivity index (χ3v) is 3.27. The van der Waals surface area contributed by atoms with Gasteiger partial charge in [-0.15, -0.1) is 0 Å². The van der Waals surface area contributed by atoms with Crippen molar-refractivity contribution in [3.05, 3.63) is 28.2 Å². The van der Waals surface area contributed by atoms with E-state index >= 15 is 0 Å². The Labute approximate surface area is 127 Å². The minimum absolute atomic E-state index is 0.450. The van der Waals surface area contributed by atoms with Crippen LogP contribution >= 0.6 is 15.9 Å². The van der Waals surface area contributed by atoms with E-state index in [1.54, 1.807) is 7.11 Å². The number of methoxy groups -OCH3 is 1. The van der Waals surface area contributed by atoms with Crippen molar-refractivity contribution in [2.75, 3.05) is 20.3 Å². The Bertz CT molecular complexity index is 440. The maximum Gasteiger partial charge on any atom is 0.258 e. The summed E-state index contributed by atoms with van der Waals surface area (Å²) >= 11 is 3.43. The molecule has 0 aromatic heterocycles. The number of benzene rings is 1. The molecule has 0 bridgehead atoms. The Morgan fingerprint density at radius 2 is 2.25 bits per heavy atom. The number of nitrogens with one attached hydrogen (secondary N) is 1. The second kappa shape index (κ2) is 8.94. The molecule has 6 heteroatoms. The first-order valence-electron chi connectivity index (χ1n) is 6.52. The number of nitrogens with two attached hydrogens (primary N) is 1. The monoisotopic (exact) mass is 344 g/mol. The van der Waals surface area contributed by atoms with Crippen LogP contribution in [0.3, 0.4) is 0 Å². The first-order chi connectivity index (χ1) is 9.58. The van der Waals surface area contributed by atoms with E-state index in [-0.39, 0.29) is 0 Å². The van der Waals surface area contributed by atoms with Gasteiger partial charge in [-0.2, -0.15) is 0 Å². The largest absolute Gasteiger partial charge is 0.480 e. The van der Waals surface area contributed by atoms with Gasteiger partial charge in [-0.3, -0.25) is 4.79 Å². The number of hydrogen-bond donors (Lipinski definition) is 2. The van der Waals surface area contributed by atoms with Crippen LogP contribution in [0.5, 0.6) is 5.75 Å². The second-order valence-electron chi connectivity index (χ2n) is 4.34. The van der Waals surface area contributed by atoms with E-state index in [4.69, 9.17) is 15.2 Å². The topological polar surface area (TPSA) is 73.6 Å². The summed E-state index contributed by atoms with van der Waals surface area (Å²) in [5.74, 6) is 0.220. The summed E-state index contributed by atoms with van der Waals surface area (Å²) in [6.45, 7) is 3.89. The quantitative estimate of drug-likeness (QED) is 0.670. The number of rotatable bonds is 9. The average molecular weight is 345 g/mol. The van der Waals surface area contributed by atoms with Gasteiger partial charge in [-0.25, -0.2) is 0 Å². The maximum atomic E-state index is 11.3. The van der Waals surface area contributed by atoms with Crippen molar-refractivity contribution in [2.45, 2.75) is 26.0 Å². The van der Waals surface area contributed by atoms with Crippen LogP contribution in [0, 0.1) is 0 Å². The van der Waals surface area contributed by atoms with E-state index in [9.17, 15) is 4.79 Å². The molecule has 5 nitrogen and oxygen atoms in total. The van der Waals surface area contributed by atoms with Crippen LogP contribution in [0.25, 0.3) is 0 Å². The number of carbonyl (C=O) groups excluding carboxylic acids is 1. The molecule has 0 heterocycles. The van der Waals surface area contributed by atoms with Gasteiger partial charge in [0.05, 0.1) is 6.61 Å². The molecule has 1 aromatic carbocycles. The number of halogens is 1. The Morgan fingerprint density at radius 3 is 2.85 bits per heavy atom. The van der Waals surface area contributed by atoms with Gasteiger partial charge in [0.2, 0.25) is 0 Å². The molecule has 0 aliphatic heterocycles. The molecule has 0 aliphatic rings. The van der Waals surface area contributed by atoms with Crippen LogP contribution in [-0.2, 0) is 16.1 Å². The Kier molecular flexibility index (Phi) is 7.58. The molecule has 20 heavy (non-hydrogen) atoms. The van der Waals surface area contributed by atoms with Crippen LogP contribution in [0.15, 0.2) is 22.7 Å². The zero-order valence-electron chi connectivity index (χ0n) is 11.8. The second-order valence-corrected chi connectivity index (χ2v) is 5.25. The molecule has 1 atom stereocenters. The van der Waals surface area contributed by atoms with E-state index in [1.165, 1.54) is 0 Å². The van der Waals surface area contributed by atoms with Crippen LogP contribution in [0.4, 0.5) is 0 Å². The van der Waals surface area contributed by atoms with Gasteiger partial charge in [0.25, 0.3) is 5.91 Å². The Balaban J connectivity index is 2.75. The molecule has 0 spiro atoms. The highest BCUT2D eigenvalue weighted by molar-refractivity contribution is 9.10. The van der Waals surface area contributed by atoms with Crippen LogP contribution < -0.4 is 15.8 Å². The SMILES string of the molecule is CCC(Oc1ccc(Br)cc1CNCCOC)C(N)=O. The summed E-state index contributed by atoms with van der Waals surface area (Å²) in [4.78, 5) is 11.3. The summed E-state index contributed by atoms with van der Waals surface area (Å²) in [5.41, 5.74) is 6.28. The van der Waals surface area contributed by atoms with Crippen molar-refractivity contribution in [1.82, 2.24) is 5.32 Å². The third-order valence-electron chi connectivity index (χ3n) is 2.78. The molecule has 0 saturated carbocycles. The third kappa shape index (κ3) is 5.48. The fourth-order valence-corrected chi connectivity index (χ4v) is 2.10. The minimum atomic E-state index is -0.603. The summed E-state index contributed by atoms with van der Waals surface area (Å²) in [5, 5.41) is 3.25. The predicted octanol–water partition coefficient (Wildman–Crippen LogP) is 1.83. The lowest BCUT2D eigenvalue weighted by Gasteiger charge is -2.17. The summed E-state index contributed by atoms with van der Waals surface area (Å²) in [7, 11) is 1.66. The van der Waals surface area contributed by atoms with Gasteiger partial charge in [0.1, 0.15) is 5.75 Å². The molecule has 1 aromatic rings. The number of hydrogen-bond acceptors (Lipinski definition) is 4. The van der Waals surface area contributed by atoms with Gasteiger partial charge in [0, 0.05) is 30.2 Å². The van der Waals surface area contributed by atoms with Gasteiger partial charge in [-0.05, 0) is 24.6 Å². The summed E-state index contributed by atoms with van der Waals surface area (Å²) in [6.07, 6.45) is -0.0593. The van der Waals surface area contributed by atoms with Crippen LogP contribution in [0.2, 0.25) is 0 Å². The maximum absolute atomic E-state index is 11.3. The van der Waals surface area contributed by atoms with Crippen molar-refractivity contribution >= 4 is 21.8 Å². The highest BCUT2D eigenvalue weighted by Crippen LogP contribution is 2.24. The molecule has 0 aliphatic carbocycles. The standard InChI is InChI=1S/C14H21BrN2O3/c1-3-12(14(16)18)20-13-5-4-11(15)8-10(13)9-17-6-7-19-2/h4-5,8,12,17H,3,6-7,9H2,1-2H3,(H2,16,18). The van der Waals surface area contributed by atoms with Gasteiger partial charge < -0.3 is 20.5 Å². The lowest BCUT2D eigenvalue weighted by atomic mass is 10.2. The number of carbonyl (C=O) groups is 1. The van der Waals surface area contributed by atoms with Crippen molar-refractivity contribution < 1.29 is 14.3 Å². The van der Waals surface area contributed by atoms with Gasteiger partial charge >= 0.3 is 0 Å². The molecule has 1 unspecified atom stereocenters. The highest BCUT2D eigenvalue weighted by Gasteiger charge is 2.16. The van der Waals surface area contributed by atoms with Crippen molar-refractivity contribution in [3.8, 4) is 5.75 Å². The van der Waals surface area contributed by atoms with E-state index in [0.29, 0.717) is 25.3 Å². The average Bonchev–Trinajstić information content (AvgIpc) is 2.42. The summed E-state index contributed by atoms with van der Waals surface area (Å²) < 4.78 is 11.6. The van der Waals surface area contributed by atoms with Crippen molar-refractivity contribution in [1.29, 1.82) is 0 Å². The molecule has 112 valence electrons. The first kappa shape index (κ1) is 16.9. The molecule has 1 amide bonds. The van der Waals surface area contributed by atoms with E-state index in [0.717, 1.165) is 16.6 Å². The zero-order valence-corrected chi connectivity index (χ0v) is 13.4. The van der Waals surface area contributed by atoms with Crippen LogP contribution in [0.1, 0.15) is 18.9 Å². The first-order valence-corrected chi connectivity index (χ1v) is 7.31. The smallest absolute Gasteiger partial charge is 0.258 e. The fourth-order valence-electron chi connectivity index (χ4n) is 1.69. The molecule has 0 radical (unpaired) electrons. The van der Waals surface area contributed by atoms with Crippen molar-refractivity contribution in [3.63, 3.8) is 0 Å². The zero-order chi connectivity index (χ0) is 15.0. The predicted molar refractivity (Wildman–Crippen MR) is 81.6 cm³/mol. The molecular weight excluding hydrogens is 324 g/mol. The molecular formula is C14H21BrN2O3. The van der Waals surface area contributed by atoms with E-state index in [2.05, 4.69) is 21.2 Å². The fraction of sp³-hybridized carbons (Fsp3) is 0.500. The van der Waals surface area contributed by atoms with Gasteiger partial charge in [-0.1, -0.05) is 22.9 Å². The molecule has 0 saturated heterocycles. The van der Waals surface area contributed by atoms with E-state index < -0.39 is 12.0 Å². The Hall–Kier alpha value is -1.11. The normalized spacial score (nSPS) is 12.2. The highest BCUT2D eigenvalue weighted by atomic mass is 79.9.